The van der Waals surface area contributed by atoms with Gasteiger partial charge in [-0.2, -0.15) is 0 Å². The molecule has 0 aliphatic heterocycles. The topological polar surface area (TPSA) is 55.4 Å². The second kappa shape index (κ2) is 5.95. The summed E-state index contributed by atoms with van der Waals surface area (Å²) in [6, 6.07) is 3.69. The Labute approximate surface area is 104 Å². The molecule has 0 heterocycles. The third-order valence-electron chi connectivity index (χ3n) is 2.13. The molecule has 18 heavy (non-hydrogen) atoms. The van der Waals surface area contributed by atoms with Crippen molar-refractivity contribution in [1.29, 1.82) is 0 Å². The Bertz CT molecular complexity index is 485. The highest BCUT2D eigenvalue weighted by Crippen LogP contribution is 2.16. The maximum Gasteiger partial charge on any atom is 0.341 e. The molecule has 1 unspecified atom stereocenters. The molecule has 1 aromatic carbocycles. The van der Waals surface area contributed by atoms with Crippen LogP contribution in [0.2, 0.25) is 0 Å². The van der Waals surface area contributed by atoms with E-state index in [2.05, 4.69) is 11.9 Å². The van der Waals surface area contributed by atoms with Crippen LogP contribution in [-0.4, -0.2) is 18.0 Å². The lowest BCUT2D eigenvalue weighted by atomic mass is 10.2. The fraction of sp³-hybridized carbons (Fsp3) is 0.231. The number of hydrogen-bond acceptors (Lipinski definition) is 3. The highest BCUT2D eigenvalue weighted by Gasteiger charge is 2.16. The van der Waals surface area contributed by atoms with Gasteiger partial charge in [-0.3, -0.25) is 4.79 Å². The van der Waals surface area contributed by atoms with E-state index in [9.17, 15) is 14.0 Å². The Morgan fingerprint density at radius 1 is 1.50 bits per heavy atom. The van der Waals surface area contributed by atoms with Crippen molar-refractivity contribution in [3.63, 3.8) is 0 Å². The second-order valence-corrected chi connectivity index (χ2v) is 3.72. The molecule has 0 aliphatic rings. The van der Waals surface area contributed by atoms with E-state index in [0.29, 0.717) is 5.69 Å². The quantitative estimate of drug-likeness (QED) is 0.660. The summed E-state index contributed by atoms with van der Waals surface area (Å²) in [5, 5.41) is 2.46. The molecule has 4 nitrogen and oxygen atoms in total. The standard InChI is InChI=1S/C13H14FNO3/c1-4-8(2)18-13(17)11-7-10(15-9(3)16)5-6-12(11)14/h4-8H,1H2,2-3H3,(H,15,16). The zero-order valence-corrected chi connectivity index (χ0v) is 10.2. The van der Waals surface area contributed by atoms with Crippen LogP contribution in [0.1, 0.15) is 24.2 Å². The Morgan fingerprint density at radius 2 is 2.17 bits per heavy atom. The number of benzene rings is 1. The number of anilines is 1. The number of esters is 1. The van der Waals surface area contributed by atoms with Gasteiger partial charge < -0.3 is 10.1 Å². The molecular weight excluding hydrogens is 237 g/mol. The first-order chi connectivity index (χ1) is 8.43. The zero-order valence-electron chi connectivity index (χ0n) is 10.2. The molecule has 1 rings (SSSR count). The minimum Gasteiger partial charge on any atom is -0.455 e. The van der Waals surface area contributed by atoms with Crippen LogP contribution in [0.5, 0.6) is 0 Å². The van der Waals surface area contributed by atoms with Crippen LogP contribution in [0.4, 0.5) is 10.1 Å². The molecule has 0 aromatic heterocycles. The molecule has 1 atom stereocenters. The van der Waals surface area contributed by atoms with Crippen molar-refractivity contribution in [1.82, 2.24) is 0 Å². The monoisotopic (exact) mass is 251 g/mol. The molecule has 0 fully saturated rings. The van der Waals surface area contributed by atoms with Crippen molar-refractivity contribution in [2.45, 2.75) is 20.0 Å². The lowest BCUT2D eigenvalue weighted by molar-refractivity contribution is -0.114. The second-order valence-electron chi connectivity index (χ2n) is 3.72. The van der Waals surface area contributed by atoms with E-state index < -0.39 is 17.9 Å². The SMILES string of the molecule is C=CC(C)OC(=O)c1cc(NC(C)=O)ccc1F. The van der Waals surface area contributed by atoms with Gasteiger partial charge in [-0.25, -0.2) is 9.18 Å². The van der Waals surface area contributed by atoms with Crippen LogP contribution in [0, 0.1) is 5.82 Å². The molecular formula is C13H14FNO3. The van der Waals surface area contributed by atoms with E-state index in [1.807, 2.05) is 0 Å². The first-order valence-corrected chi connectivity index (χ1v) is 5.34. The van der Waals surface area contributed by atoms with Gasteiger partial charge in [-0.1, -0.05) is 12.7 Å². The van der Waals surface area contributed by atoms with E-state index in [0.717, 1.165) is 6.07 Å². The van der Waals surface area contributed by atoms with E-state index in [-0.39, 0.29) is 11.5 Å². The first kappa shape index (κ1) is 13.9. The summed E-state index contributed by atoms with van der Waals surface area (Å²) >= 11 is 0. The summed E-state index contributed by atoms with van der Waals surface area (Å²) in [6.07, 6.45) is 0.911. The van der Waals surface area contributed by atoms with E-state index in [1.165, 1.54) is 25.1 Å². The number of rotatable bonds is 4. The Morgan fingerprint density at radius 3 is 2.72 bits per heavy atom. The average molecular weight is 251 g/mol. The molecule has 1 aromatic rings. The molecule has 0 bridgehead atoms. The van der Waals surface area contributed by atoms with Gasteiger partial charge in [0.2, 0.25) is 5.91 Å². The maximum absolute atomic E-state index is 13.5. The number of carbonyl (C=O) groups is 2. The Hall–Kier alpha value is -2.17. The van der Waals surface area contributed by atoms with Gasteiger partial charge in [0.15, 0.2) is 0 Å². The number of halogens is 1. The number of carbonyl (C=O) groups excluding carboxylic acids is 2. The first-order valence-electron chi connectivity index (χ1n) is 5.34. The van der Waals surface area contributed by atoms with Gasteiger partial charge in [0.1, 0.15) is 11.9 Å². The third-order valence-corrected chi connectivity index (χ3v) is 2.13. The van der Waals surface area contributed by atoms with Crippen molar-refractivity contribution in [2.75, 3.05) is 5.32 Å². The lowest BCUT2D eigenvalue weighted by Gasteiger charge is -2.10. The van der Waals surface area contributed by atoms with Gasteiger partial charge >= 0.3 is 5.97 Å². The number of amides is 1. The fourth-order valence-electron chi connectivity index (χ4n) is 1.24. The van der Waals surface area contributed by atoms with Gasteiger partial charge in [-0.15, -0.1) is 0 Å². The van der Waals surface area contributed by atoms with E-state index >= 15 is 0 Å². The van der Waals surface area contributed by atoms with Crippen LogP contribution in [-0.2, 0) is 9.53 Å². The van der Waals surface area contributed by atoms with Crippen molar-refractivity contribution >= 4 is 17.6 Å². The molecule has 0 saturated carbocycles. The predicted molar refractivity (Wildman–Crippen MR) is 65.8 cm³/mol. The minimum atomic E-state index is -0.799. The van der Waals surface area contributed by atoms with Crippen LogP contribution < -0.4 is 5.32 Å². The summed E-state index contributed by atoms with van der Waals surface area (Å²) < 4.78 is 18.4. The molecule has 1 amide bonds. The van der Waals surface area contributed by atoms with Gasteiger partial charge in [0.05, 0.1) is 5.56 Å². The molecule has 0 radical (unpaired) electrons. The molecule has 0 spiro atoms. The van der Waals surface area contributed by atoms with E-state index in [4.69, 9.17) is 4.74 Å². The average Bonchev–Trinajstić information content (AvgIpc) is 2.30. The van der Waals surface area contributed by atoms with Crippen molar-refractivity contribution in [2.24, 2.45) is 0 Å². The summed E-state index contributed by atoms with van der Waals surface area (Å²) in [4.78, 5) is 22.5. The van der Waals surface area contributed by atoms with Crippen LogP contribution in [0.3, 0.4) is 0 Å². The third kappa shape index (κ3) is 3.69. The summed E-state index contributed by atoms with van der Waals surface area (Å²) in [6.45, 7) is 6.39. The number of ether oxygens (including phenoxy) is 1. The number of nitrogens with one attached hydrogen (secondary N) is 1. The van der Waals surface area contributed by atoms with Crippen molar-refractivity contribution in [3.05, 3.63) is 42.2 Å². The molecule has 0 aliphatic carbocycles. The van der Waals surface area contributed by atoms with E-state index in [1.54, 1.807) is 6.92 Å². The summed E-state index contributed by atoms with van der Waals surface area (Å²) in [7, 11) is 0. The van der Waals surface area contributed by atoms with Gasteiger partial charge in [0.25, 0.3) is 0 Å². The van der Waals surface area contributed by atoms with Gasteiger partial charge in [-0.05, 0) is 25.1 Å². The molecule has 0 saturated heterocycles. The normalized spacial score (nSPS) is 11.5. The molecule has 5 heteroatoms. The Kier molecular flexibility index (Phi) is 4.59. The lowest BCUT2D eigenvalue weighted by Crippen LogP contribution is -2.15. The van der Waals surface area contributed by atoms with Crippen molar-refractivity contribution < 1.29 is 18.7 Å². The minimum absolute atomic E-state index is 0.227. The zero-order chi connectivity index (χ0) is 13.7. The van der Waals surface area contributed by atoms with Gasteiger partial charge in [0, 0.05) is 12.6 Å². The largest absolute Gasteiger partial charge is 0.455 e. The van der Waals surface area contributed by atoms with Crippen LogP contribution in [0.15, 0.2) is 30.9 Å². The van der Waals surface area contributed by atoms with Crippen LogP contribution >= 0.6 is 0 Å². The highest BCUT2D eigenvalue weighted by atomic mass is 19.1. The molecule has 1 N–H and O–H groups in total. The highest BCUT2D eigenvalue weighted by molar-refractivity contribution is 5.94. The predicted octanol–water partition coefficient (Wildman–Crippen LogP) is 2.52. The Balaban J connectivity index is 2.96. The fourth-order valence-corrected chi connectivity index (χ4v) is 1.24. The number of hydrogen-bond donors (Lipinski definition) is 1. The van der Waals surface area contributed by atoms with Crippen LogP contribution in [0.25, 0.3) is 0 Å². The molecule has 96 valence electrons. The summed E-state index contributed by atoms with van der Waals surface area (Å²) in [5.74, 6) is -1.81. The smallest absolute Gasteiger partial charge is 0.341 e. The maximum atomic E-state index is 13.5. The van der Waals surface area contributed by atoms with Crippen molar-refractivity contribution in [3.8, 4) is 0 Å². The summed E-state index contributed by atoms with van der Waals surface area (Å²) in [5.41, 5.74) is 0.108.